The average molecular weight is 236 g/mol. The number of aliphatic hydroxyl groups is 1. The highest BCUT2D eigenvalue weighted by molar-refractivity contribution is 5.36. The fourth-order valence-corrected chi connectivity index (χ4v) is 1.86. The van der Waals surface area contributed by atoms with E-state index in [1.54, 1.807) is 0 Å². The lowest BCUT2D eigenvalue weighted by Crippen LogP contribution is -2.37. The lowest BCUT2D eigenvalue weighted by Gasteiger charge is -2.12. The van der Waals surface area contributed by atoms with Crippen molar-refractivity contribution < 1.29 is 5.11 Å². The van der Waals surface area contributed by atoms with Crippen LogP contribution in [0.5, 0.6) is 0 Å². The molecule has 0 bridgehead atoms. The van der Waals surface area contributed by atoms with Gasteiger partial charge in [0.2, 0.25) is 0 Å². The van der Waals surface area contributed by atoms with Crippen molar-refractivity contribution in [2.24, 2.45) is 5.73 Å². The van der Waals surface area contributed by atoms with Crippen LogP contribution in [0.2, 0.25) is 0 Å². The summed E-state index contributed by atoms with van der Waals surface area (Å²) < 4.78 is 0. The van der Waals surface area contributed by atoms with Crippen LogP contribution in [0.4, 0.5) is 0 Å². The van der Waals surface area contributed by atoms with Crippen LogP contribution in [-0.2, 0) is 6.42 Å². The summed E-state index contributed by atoms with van der Waals surface area (Å²) in [5.74, 6) is 0. The minimum absolute atomic E-state index is 0.0374. The van der Waals surface area contributed by atoms with E-state index in [2.05, 4.69) is 38.2 Å². The van der Waals surface area contributed by atoms with Crippen LogP contribution in [-0.4, -0.2) is 30.8 Å². The van der Waals surface area contributed by atoms with Gasteiger partial charge in [-0.2, -0.15) is 0 Å². The van der Waals surface area contributed by atoms with Gasteiger partial charge in [-0.3, -0.25) is 0 Å². The summed E-state index contributed by atoms with van der Waals surface area (Å²) in [7, 11) is 0. The summed E-state index contributed by atoms with van der Waals surface area (Å²) in [5.41, 5.74) is 11.0. The van der Waals surface area contributed by atoms with E-state index in [1.165, 1.54) is 22.3 Å². The Kier molecular flexibility index (Phi) is 5.62. The number of aliphatic hydroxyl groups excluding tert-OH is 1. The number of hydrogen-bond donors (Lipinski definition) is 3. The second kappa shape index (κ2) is 6.74. The molecular weight excluding hydrogens is 212 g/mol. The van der Waals surface area contributed by atoms with E-state index in [4.69, 9.17) is 10.8 Å². The molecule has 0 fully saturated rings. The van der Waals surface area contributed by atoms with Crippen LogP contribution in [0.3, 0.4) is 0 Å². The zero-order valence-electron chi connectivity index (χ0n) is 11.1. The Hall–Kier alpha value is -0.900. The van der Waals surface area contributed by atoms with Crippen LogP contribution < -0.4 is 11.1 Å². The molecule has 0 saturated heterocycles. The van der Waals surface area contributed by atoms with Crippen molar-refractivity contribution in [3.05, 3.63) is 34.4 Å². The fraction of sp³-hybridized carbons (Fsp3) is 0.571. The molecule has 0 aliphatic rings. The number of rotatable bonds is 6. The Morgan fingerprint density at radius 3 is 2.47 bits per heavy atom. The number of nitrogens with one attached hydrogen (secondary N) is 1. The molecular formula is C14H24N2O. The third-order valence-electron chi connectivity index (χ3n) is 3.16. The maximum Gasteiger partial charge on any atom is 0.0594 e. The molecule has 0 amide bonds. The van der Waals surface area contributed by atoms with E-state index in [0.29, 0.717) is 6.54 Å². The monoisotopic (exact) mass is 236 g/mol. The Balaban J connectivity index is 2.44. The topological polar surface area (TPSA) is 58.3 Å². The number of benzene rings is 1. The van der Waals surface area contributed by atoms with E-state index in [0.717, 1.165) is 13.0 Å². The van der Waals surface area contributed by atoms with Crippen molar-refractivity contribution in [3.63, 3.8) is 0 Å². The zero-order valence-corrected chi connectivity index (χ0v) is 11.1. The van der Waals surface area contributed by atoms with Gasteiger partial charge in [-0.15, -0.1) is 0 Å². The van der Waals surface area contributed by atoms with Crippen molar-refractivity contribution in [2.45, 2.75) is 33.2 Å². The van der Waals surface area contributed by atoms with Gasteiger partial charge in [0.05, 0.1) is 6.61 Å². The third kappa shape index (κ3) is 4.46. The van der Waals surface area contributed by atoms with Crippen LogP contribution >= 0.6 is 0 Å². The minimum Gasteiger partial charge on any atom is -0.395 e. The molecule has 0 saturated carbocycles. The van der Waals surface area contributed by atoms with Crippen molar-refractivity contribution in [1.82, 2.24) is 5.32 Å². The summed E-state index contributed by atoms with van der Waals surface area (Å²) in [6.45, 7) is 8.05. The summed E-state index contributed by atoms with van der Waals surface area (Å²) in [6.07, 6.45) is 1.01. The summed E-state index contributed by atoms with van der Waals surface area (Å²) in [4.78, 5) is 0. The molecule has 96 valence electrons. The maximum atomic E-state index is 8.80. The normalized spacial score (nSPS) is 12.8. The predicted molar refractivity (Wildman–Crippen MR) is 72.3 cm³/mol. The summed E-state index contributed by atoms with van der Waals surface area (Å²) >= 11 is 0. The highest BCUT2D eigenvalue weighted by Gasteiger charge is 2.03. The van der Waals surface area contributed by atoms with Gasteiger partial charge in [-0.1, -0.05) is 12.1 Å². The maximum absolute atomic E-state index is 8.80. The smallest absolute Gasteiger partial charge is 0.0594 e. The SMILES string of the molecule is Cc1cc(C)c(CCNCC(N)CO)cc1C. The van der Waals surface area contributed by atoms with Gasteiger partial charge >= 0.3 is 0 Å². The van der Waals surface area contributed by atoms with E-state index in [9.17, 15) is 0 Å². The van der Waals surface area contributed by atoms with Crippen LogP contribution in [0.25, 0.3) is 0 Å². The zero-order chi connectivity index (χ0) is 12.8. The first kappa shape index (κ1) is 14.2. The van der Waals surface area contributed by atoms with Gasteiger partial charge in [-0.05, 0) is 56.0 Å². The molecule has 0 heterocycles. The Morgan fingerprint density at radius 2 is 1.82 bits per heavy atom. The second-order valence-electron chi connectivity index (χ2n) is 4.76. The summed E-state index contributed by atoms with van der Waals surface area (Å²) in [6, 6.07) is 4.35. The molecule has 3 nitrogen and oxygen atoms in total. The molecule has 1 aromatic carbocycles. The van der Waals surface area contributed by atoms with Crippen molar-refractivity contribution in [1.29, 1.82) is 0 Å². The molecule has 0 spiro atoms. The van der Waals surface area contributed by atoms with Crippen LogP contribution in [0.1, 0.15) is 22.3 Å². The second-order valence-corrected chi connectivity index (χ2v) is 4.76. The predicted octanol–water partition coefficient (Wildman–Crippen LogP) is 1.06. The molecule has 1 aromatic rings. The Morgan fingerprint density at radius 1 is 1.18 bits per heavy atom. The molecule has 3 heteroatoms. The van der Waals surface area contributed by atoms with Crippen molar-refractivity contribution in [3.8, 4) is 0 Å². The summed E-state index contributed by atoms with van der Waals surface area (Å²) in [5, 5.41) is 12.1. The molecule has 1 rings (SSSR count). The van der Waals surface area contributed by atoms with E-state index < -0.39 is 0 Å². The molecule has 0 radical (unpaired) electrons. The van der Waals surface area contributed by atoms with Gasteiger partial charge in [0, 0.05) is 12.6 Å². The van der Waals surface area contributed by atoms with Gasteiger partial charge in [0.25, 0.3) is 0 Å². The Bertz CT molecular complexity index is 363. The Labute approximate surface area is 104 Å². The highest BCUT2D eigenvalue weighted by atomic mass is 16.3. The third-order valence-corrected chi connectivity index (χ3v) is 3.16. The van der Waals surface area contributed by atoms with E-state index in [-0.39, 0.29) is 12.6 Å². The molecule has 1 atom stereocenters. The largest absolute Gasteiger partial charge is 0.395 e. The number of aryl methyl sites for hydroxylation is 3. The van der Waals surface area contributed by atoms with Crippen LogP contribution in [0.15, 0.2) is 12.1 Å². The van der Waals surface area contributed by atoms with Gasteiger partial charge in [0.1, 0.15) is 0 Å². The quantitative estimate of drug-likeness (QED) is 0.647. The lowest BCUT2D eigenvalue weighted by atomic mass is 9.99. The first-order valence-corrected chi connectivity index (χ1v) is 6.18. The number of nitrogens with two attached hydrogens (primary N) is 1. The highest BCUT2D eigenvalue weighted by Crippen LogP contribution is 2.15. The lowest BCUT2D eigenvalue weighted by molar-refractivity contribution is 0.262. The molecule has 17 heavy (non-hydrogen) atoms. The van der Waals surface area contributed by atoms with Gasteiger partial charge < -0.3 is 16.2 Å². The number of hydrogen-bond acceptors (Lipinski definition) is 3. The van der Waals surface area contributed by atoms with E-state index in [1.807, 2.05) is 0 Å². The first-order chi connectivity index (χ1) is 8.04. The standard InChI is InChI=1S/C14H24N2O/c1-10-6-12(3)13(7-11(10)2)4-5-16-8-14(15)9-17/h6-7,14,16-17H,4-5,8-9,15H2,1-3H3. The van der Waals surface area contributed by atoms with Gasteiger partial charge in [0.15, 0.2) is 0 Å². The first-order valence-electron chi connectivity index (χ1n) is 6.18. The molecule has 0 aliphatic carbocycles. The van der Waals surface area contributed by atoms with Crippen molar-refractivity contribution >= 4 is 0 Å². The molecule has 1 unspecified atom stereocenters. The van der Waals surface area contributed by atoms with Crippen molar-refractivity contribution in [2.75, 3.05) is 19.7 Å². The fourth-order valence-electron chi connectivity index (χ4n) is 1.86. The molecule has 0 aliphatic heterocycles. The van der Waals surface area contributed by atoms with Crippen LogP contribution in [0, 0.1) is 20.8 Å². The molecule has 0 aromatic heterocycles. The average Bonchev–Trinajstić information content (AvgIpc) is 2.30. The molecule has 4 N–H and O–H groups in total. The van der Waals surface area contributed by atoms with Gasteiger partial charge in [-0.25, -0.2) is 0 Å². The van der Waals surface area contributed by atoms with E-state index >= 15 is 0 Å². The minimum atomic E-state index is -0.157.